The smallest absolute Gasteiger partial charge is 0.170 e. The van der Waals surface area contributed by atoms with E-state index in [4.69, 9.17) is 10.5 Å². The summed E-state index contributed by atoms with van der Waals surface area (Å²) in [6.45, 7) is 4.44. The number of carbonyl (C=O) groups excluding carboxylic acids is 1. The van der Waals surface area contributed by atoms with E-state index in [0.29, 0.717) is 6.54 Å². The van der Waals surface area contributed by atoms with Gasteiger partial charge >= 0.3 is 0 Å². The molecule has 1 saturated carbocycles. The average Bonchev–Trinajstić information content (AvgIpc) is 2.73. The second-order valence-electron chi connectivity index (χ2n) is 6.42. The largest absolute Gasteiger partial charge is 0.491 e. The zero-order chi connectivity index (χ0) is 15.3. The zero-order valence-corrected chi connectivity index (χ0v) is 13.2. The molecule has 1 fully saturated rings. The molecule has 0 amide bonds. The molecule has 1 aromatic rings. The Bertz CT molecular complexity index is 457. The van der Waals surface area contributed by atoms with Crippen LogP contribution in [0.5, 0.6) is 5.75 Å². The van der Waals surface area contributed by atoms with E-state index in [9.17, 15) is 4.79 Å². The maximum atomic E-state index is 12.9. The van der Waals surface area contributed by atoms with E-state index in [1.54, 1.807) is 0 Å². The molecule has 2 N–H and O–H groups in total. The minimum absolute atomic E-state index is 0.142. The van der Waals surface area contributed by atoms with Crippen LogP contribution < -0.4 is 10.5 Å². The molecule has 0 atom stereocenters. The highest BCUT2D eigenvalue weighted by atomic mass is 16.5. The van der Waals surface area contributed by atoms with Gasteiger partial charge in [0, 0.05) is 17.5 Å². The van der Waals surface area contributed by atoms with Gasteiger partial charge in [-0.05, 0) is 51.0 Å². The van der Waals surface area contributed by atoms with Gasteiger partial charge in [-0.25, -0.2) is 0 Å². The van der Waals surface area contributed by atoms with Gasteiger partial charge in [-0.2, -0.15) is 0 Å². The quantitative estimate of drug-likeness (QED) is 0.659. The van der Waals surface area contributed by atoms with Crippen LogP contribution in [0, 0.1) is 5.41 Å². The lowest BCUT2D eigenvalue weighted by Crippen LogP contribution is -2.38. The summed E-state index contributed by atoms with van der Waals surface area (Å²) < 4.78 is 5.63. The molecule has 116 valence electrons. The van der Waals surface area contributed by atoms with Crippen molar-refractivity contribution < 1.29 is 9.53 Å². The first-order chi connectivity index (χ1) is 10.1. The number of benzene rings is 1. The van der Waals surface area contributed by atoms with Gasteiger partial charge in [0.2, 0.25) is 0 Å². The predicted molar refractivity (Wildman–Crippen MR) is 85.7 cm³/mol. The number of ketones is 1. The summed E-state index contributed by atoms with van der Waals surface area (Å²) in [5, 5.41) is 0. The fourth-order valence-electron chi connectivity index (χ4n) is 3.19. The van der Waals surface area contributed by atoms with Crippen LogP contribution in [-0.4, -0.2) is 18.4 Å². The molecule has 0 bridgehead atoms. The number of nitrogens with two attached hydrogens (primary N) is 1. The minimum Gasteiger partial charge on any atom is -0.491 e. The third-order valence-corrected chi connectivity index (χ3v) is 4.42. The van der Waals surface area contributed by atoms with Gasteiger partial charge in [0.05, 0.1) is 6.10 Å². The highest BCUT2D eigenvalue weighted by Crippen LogP contribution is 2.37. The average molecular weight is 289 g/mol. The Kier molecular flexibility index (Phi) is 5.40. The van der Waals surface area contributed by atoms with Gasteiger partial charge in [0.1, 0.15) is 5.75 Å². The van der Waals surface area contributed by atoms with Crippen LogP contribution in [-0.2, 0) is 0 Å². The highest BCUT2D eigenvalue weighted by molar-refractivity contribution is 6.00. The van der Waals surface area contributed by atoms with Gasteiger partial charge in [0.25, 0.3) is 0 Å². The molecule has 1 aromatic carbocycles. The number of carbonyl (C=O) groups is 1. The Morgan fingerprint density at radius 2 is 1.71 bits per heavy atom. The summed E-state index contributed by atoms with van der Waals surface area (Å²) in [5.74, 6) is 1.02. The van der Waals surface area contributed by atoms with Gasteiger partial charge in [-0.15, -0.1) is 0 Å². The monoisotopic (exact) mass is 289 g/mol. The highest BCUT2D eigenvalue weighted by Gasteiger charge is 2.37. The first kappa shape index (κ1) is 16.0. The fraction of sp³-hybridized carbons (Fsp3) is 0.611. The van der Waals surface area contributed by atoms with Crippen LogP contribution in [0.4, 0.5) is 0 Å². The summed E-state index contributed by atoms with van der Waals surface area (Å²) in [6, 6.07) is 7.52. The van der Waals surface area contributed by atoms with Crippen molar-refractivity contribution in [2.45, 2.75) is 58.5 Å². The van der Waals surface area contributed by atoms with E-state index < -0.39 is 0 Å². The van der Waals surface area contributed by atoms with Crippen molar-refractivity contribution >= 4 is 5.78 Å². The van der Waals surface area contributed by atoms with Gasteiger partial charge in [0.15, 0.2) is 5.78 Å². The van der Waals surface area contributed by atoms with Crippen LogP contribution in [0.1, 0.15) is 62.7 Å². The van der Waals surface area contributed by atoms with Gasteiger partial charge < -0.3 is 10.5 Å². The molecule has 0 radical (unpaired) electrons. The third kappa shape index (κ3) is 3.85. The molecule has 0 saturated heterocycles. The molecule has 1 aliphatic rings. The lowest BCUT2D eigenvalue weighted by atomic mass is 9.74. The van der Waals surface area contributed by atoms with Crippen molar-refractivity contribution in [3.8, 4) is 5.75 Å². The van der Waals surface area contributed by atoms with Crippen molar-refractivity contribution in [2.24, 2.45) is 11.1 Å². The molecule has 21 heavy (non-hydrogen) atoms. The maximum absolute atomic E-state index is 12.9. The van der Waals surface area contributed by atoms with E-state index in [-0.39, 0.29) is 17.3 Å². The number of hydrogen-bond acceptors (Lipinski definition) is 3. The van der Waals surface area contributed by atoms with Crippen LogP contribution in [0.3, 0.4) is 0 Å². The number of hydrogen-bond donors (Lipinski definition) is 1. The Balaban J connectivity index is 2.17. The molecule has 0 aliphatic heterocycles. The van der Waals surface area contributed by atoms with E-state index in [1.807, 2.05) is 38.1 Å². The molecule has 0 spiro atoms. The van der Waals surface area contributed by atoms with E-state index in [1.165, 1.54) is 12.8 Å². The first-order valence-corrected chi connectivity index (χ1v) is 8.09. The molecule has 0 unspecified atom stereocenters. The van der Waals surface area contributed by atoms with Crippen molar-refractivity contribution in [2.75, 3.05) is 6.54 Å². The van der Waals surface area contributed by atoms with E-state index >= 15 is 0 Å². The standard InChI is InChI=1S/C18H27NO2/c1-14(2)21-16-9-7-15(8-10-16)17(20)18(13-19)11-5-3-4-6-12-18/h7-10,14H,3-6,11-13,19H2,1-2H3. The summed E-state index contributed by atoms with van der Waals surface area (Å²) in [4.78, 5) is 12.9. The van der Waals surface area contributed by atoms with Crippen LogP contribution in [0.15, 0.2) is 24.3 Å². The molecular weight excluding hydrogens is 262 g/mol. The van der Waals surface area contributed by atoms with Crippen LogP contribution >= 0.6 is 0 Å². The molecule has 1 aliphatic carbocycles. The van der Waals surface area contributed by atoms with E-state index in [2.05, 4.69) is 0 Å². The molecule has 2 rings (SSSR count). The maximum Gasteiger partial charge on any atom is 0.170 e. The van der Waals surface area contributed by atoms with Gasteiger partial charge in [-0.3, -0.25) is 4.79 Å². The Morgan fingerprint density at radius 3 is 2.19 bits per heavy atom. The summed E-state index contributed by atoms with van der Waals surface area (Å²) in [7, 11) is 0. The normalized spacial score (nSPS) is 18.3. The van der Waals surface area contributed by atoms with Gasteiger partial charge in [-0.1, -0.05) is 25.7 Å². The predicted octanol–water partition coefficient (Wildman–Crippen LogP) is 3.96. The van der Waals surface area contributed by atoms with Crippen molar-refractivity contribution in [3.63, 3.8) is 0 Å². The number of Topliss-reactive ketones (excluding diaryl/α,β-unsaturated/α-hetero) is 1. The van der Waals surface area contributed by atoms with Crippen LogP contribution in [0.2, 0.25) is 0 Å². The third-order valence-electron chi connectivity index (χ3n) is 4.42. The molecule has 3 heteroatoms. The first-order valence-electron chi connectivity index (χ1n) is 8.09. The minimum atomic E-state index is -0.350. The summed E-state index contributed by atoms with van der Waals surface area (Å²) >= 11 is 0. The molecule has 0 heterocycles. The van der Waals surface area contributed by atoms with Crippen molar-refractivity contribution in [1.82, 2.24) is 0 Å². The Morgan fingerprint density at radius 1 is 1.14 bits per heavy atom. The fourth-order valence-corrected chi connectivity index (χ4v) is 3.19. The zero-order valence-electron chi connectivity index (χ0n) is 13.2. The topological polar surface area (TPSA) is 52.3 Å². The SMILES string of the molecule is CC(C)Oc1ccc(C(=O)C2(CN)CCCCCC2)cc1. The molecule has 0 aromatic heterocycles. The number of rotatable bonds is 5. The lowest BCUT2D eigenvalue weighted by Gasteiger charge is -2.29. The summed E-state index contributed by atoms with van der Waals surface area (Å²) in [6.07, 6.45) is 6.64. The lowest BCUT2D eigenvalue weighted by molar-refractivity contribution is 0.0774. The van der Waals surface area contributed by atoms with E-state index in [0.717, 1.165) is 37.0 Å². The second-order valence-corrected chi connectivity index (χ2v) is 6.42. The Labute approximate surface area is 127 Å². The molecular formula is C18H27NO2. The second kappa shape index (κ2) is 7.08. The van der Waals surface area contributed by atoms with Crippen molar-refractivity contribution in [1.29, 1.82) is 0 Å². The molecule has 3 nitrogen and oxygen atoms in total. The van der Waals surface area contributed by atoms with Crippen molar-refractivity contribution in [3.05, 3.63) is 29.8 Å². The van der Waals surface area contributed by atoms with Crippen LogP contribution in [0.25, 0.3) is 0 Å². The Hall–Kier alpha value is -1.35. The summed E-state index contributed by atoms with van der Waals surface area (Å²) in [5.41, 5.74) is 6.41. The number of ether oxygens (including phenoxy) is 1.